The minimum atomic E-state index is -0.653. The van der Waals surface area contributed by atoms with E-state index in [-0.39, 0.29) is 0 Å². The number of imide groups is 1. The summed E-state index contributed by atoms with van der Waals surface area (Å²) >= 11 is 1.44. The van der Waals surface area contributed by atoms with Gasteiger partial charge >= 0.3 is 12.0 Å². The van der Waals surface area contributed by atoms with Gasteiger partial charge in [-0.2, -0.15) is 0 Å². The van der Waals surface area contributed by atoms with E-state index in [9.17, 15) is 14.4 Å². The van der Waals surface area contributed by atoms with Crippen LogP contribution in [-0.2, 0) is 22.4 Å². The van der Waals surface area contributed by atoms with Gasteiger partial charge in [-0.15, -0.1) is 11.3 Å². The molecule has 0 aromatic carbocycles. The zero-order chi connectivity index (χ0) is 16.1. The van der Waals surface area contributed by atoms with Crippen LogP contribution in [0.15, 0.2) is 6.07 Å². The minimum Gasteiger partial charge on any atom is -0.451 e. The number of fused-ring (bicyclic) bond motifs is 1. The van der Waals surface area contributed by atoms with Crippen LogP contribution >= 0.6 is 11.3 Å². The van der Waals surface area contributed by atoms with Crippen LogP contribution in [0.1, 0.15) is 39.9 Å². The topological polar surface area (TPSA) is 84.5 Å². The molecule has 0 fully saturated rings. The van der Waals surface area contributed by atoms with Crippen LogP contribution in [-0.4, -0.2) is 31.6 Å². The van der Waals surface area contributed by atoms with Crippen LogP contribution in [0.25, 0.3) is 0 Å². The van der Waals surface area contributed by atoms with Crippen LogP contribution in [0.3, 0.4) is 0 Å². The number of ether oxygens (including phenoxy) is 1. The third kappa shape index (κ3) is 4.07. The van der Waals surface area contributed by atoms with Crippen molar-refractivity contribution in [1.29, 1.82) is 0 Å². The normalized spacial score (nSPS) is 16.5. The maximum absolute atomic E-state index is 12.0. The van der Waals surface area contributed by atoms with Gasteiger partial charge in [0.05, 0.1) is 0 Å². The fraction of sp³-hybridized carbons (Fsp3) is 0.533. The summed E-state index contributed by atoms with van der Waals surface area (Å²) in [5.41, 5.74) is 1.23. The van der Waals surface area contributed by atoms with Gasteiger partial charge in [0.2, 0.25) is 0 Å². The first-order valence-corrected chi connectivity index (χ1v) is 8.15. The lowest BCUT2D eigenvalue weighted by atomic mass is 9.87. The standard InChI is InChI=1S/C15H20N2O4S/c1-3-9-4-5-11-10(6-9)7-12(22-11)14(19)21-8-13(18)17-15(20)16-2/h7,9H,3-6,8H2,1-2H3,(H2,16,17,18,20)/t9-/m1/s1. The van der Waals surface area contributed by atoms with E-state index in [1.54, 1.807) is 0 Å². The minimum absolute atomic E-state index is 0.466. The molecule has 3 amide bonds. The Morgan fingerprint density at radius 1 is 1.41 bits per heavy atom. The first kappa shape index (κ1) is 16.5. The van der Waals surface area contributed by atoms with Crippen molar-refractivity contribution >= 4 is 29.2 Å². The first-order valence-electron chi connectivity index (χ1n) is 7.33. The highest BCUT2D eigenvalue weighted by molar-refractivity contribution is 7.14. The van der Waals surface area contributed by atoms with E-state index in [0.29, 0.717) is 10.8 Å². The molecule has 0 bridgehead atoms. The van der Waals surface area contributed by atoms with Gasteiger partial charge in [0.1, 0.15) is 4.88 Å². The summed E-state index contributed by atoms with van der Waals surface area (Å²) in [4.78, 5) is 36.1. The fourth-order valence-electron chi connectivity index (χ4n) is 2.48. The molecule has 1 heterocycles. The second-order valence-corrected chi connectivity index (χ2v) is 6.42. The molecular formula is C15H20N2O4S. The van der Waals surface area contributed by atoms with Crippen molar-refractivity contribution in [2.75, 3.05) is 13.7 Å². The van der Waals surface area contributed by atoms with Crippen molar-refractivity contribution in [3.8, 4) is 0 Å². The molecule has 0 aliphatic heterocycles. The summed E-state index contributed by atoms with van der Waals surface area (Å²) in [6.45, 7) is 1.72. The number of amides is 3. The van der Waals surface area contributed by atoms with E-state index in [1.165, 1.54) is 28.8 Å². The average Bonchev–Trinajstić information content (AvgIpc) is 2.95. The van der Waals surface area contributed by atoms with E-state index < -0.39 is 24.5 Å². The fourth-order valence-corrected chi connectivity index (χ4v) is 3.58. The maximum atomic E-state index is 12.0. The van der Waals surface area contributed by atoms with Gasteiger partial charge in [0, 0.05) is 11.9 Å². The lowest BCUT2D eigenvalue weighted by Gasteiger charge is -2.19. The number of hydrogen-bond donors (Lipinski definition) is 2. The summed E-state index contributed by atoms with van der Waals surface area (Å²) in [6, 6.07) is 1.25. The second kappa shape index (κ2) is 7.40. The molecule has 22 heavy (non-hydrogen) atoms. The van der Waals surface area contributed by atoms with E-state index in [2.05, 4.69) is 12.2 Å². The summed E-state index contributed by atoms with van der Waals surface area (Å²) in [6.07, 6.45) is 4.32. The van der Waals surface area contributed by atoms with Crippen molar-refractivity contribution < 1.29 is 19.1 Å². The number of nitrogens with one attached hydrogen (secondary N) is 2. The van der Waals surface area contributed by atoms with Crippen molar-refractivity contribution in [3.63, 3.8) is 0 Å². The predicted molar refractivity (Wildman–Crippen MR) is 83.0 cm³/mol. The van der Waals surface area contributed by atoms with Gasteiger partial charge < -0.3 is 10.1 Å². The Bertz CT molecular complexity index is 582. The highest BCUT2D eigenvalue weighted by Gasteiger charge is 2.23. The summed E-state index contributed by atoms with van der Waals surface area (Å²) in [5, 5.41) is 4.28. The van der Waals surface area contributed by atoms with E-state index in [4.69, 9.17) is 4.74 Å². The van der Waals surface area contributed by atoms with Crippen molar-refractivity contribution in [2.24, 2.45) is 5.92 Å². The van der Waals surface area contributed by atoms with Crippen LogP contribution < -0.4 is 10.6 Å². The Morgan fingerprint density at radius 3 is 2.86 bits per heavy atom. The number of urea groups is 1. The third-order valence-corrected chi connectivity index (χ3v) is 4.99. The average molecular weight is 324 g/mol. The zero-order valence-corrected chi connectivity index (χ0v) is 13.5. The molecule has 1 atom stereocenters. The molecule has 7 heteroatoms. The molecule has 0 unspecified atom stereocenters. The Kier molecular flexibility index (Phi) is 5.54. The second-order valence-electron chi connectivity index (χ2n) is 5.28. The predicted octanol–water partition coefficient (Wildman–Crippen LogP) is 1.88. The molecule has 0 radical (unpaired) electrons. The molecule has 1 aliphatic carbocycles. The Balaban J connectivity index is 1.90. The number of thiophene rings is 1. The maximum Gasteiger partial charge on any atom is 0.348 e. The number of esters is 1. The number of carbonyl (C=O) groups is 3. The largest absolute Gasteiger partial charge is 0.451 e. The quantitative estimate of drug-likeness (QED) is 0.828. The number of rotatable bonds is 4. The van der Waals surface area contributed by atoms with Gasteiger partial charge in [-0.1, -0.05) is 13.3 Å². The van der Waals surface area contributed by atoms with Crippen molar-refractivity contribution in [1.82, 2.24) is 10.6 Å². The molecule has 1 aliphatic rings. The van der Waals surface area contributed by atoms with E-state index in [1.807, 2.05) is 11.4 Å². The molecule has 1 aromatic rings. The highest BCUT2D eigenvalue weighted by atomic mass is 32.1. The van der Waals surface area contributed by atoms with Crippen LogP contribution in [0.4, 0.5) is 4.79 Å². The van der Waals surface area contributed by atoms with Gasteiger partial charge in [-0.25, -0.2) is 9.59 Å². The van der Waals surface area contributed by atoms with E-state index in [0.717, 1.165) is 25.7 Å². The van der Waals surface area contributed by atoms with Crippen LogP contribution in [0.5, 0.6) is 0 Å². The number of aryl methyl sites for hydroxylation is 1. The zero-order valence-electron chi connectivity index (χ0n) is 12.7. The molecular weight excluding hydrogens is 304 g/mol. The molecule has 1 aromatic heterocycles. The van der Waals surface area contributed by atoms with Gasteiger partial charge in [0.15, 0.2) is 6.61 Å². The third-order valence-electron chi connectivity index (χ3n) is 3.78. The molecule has 2 N–H and O–H groups in total. The van der Waals surface area contributed by atoms with Gasteiger partial charge in [-0.3, -0.25) is 10.1 Å². The molecule has 6 nitrogen and oxygen atoms in total. The summed E-state index contributed by atoms with van der Waals surface area (Å²) < 4.78 is 4.95. The highest BCUT2D eigenvalue weighted by Crippen LogP contribution is 2.33. The van der Waals surface area contributed by atoms with Gasteiger partial charge in [0.25, 0.3) is 5.91 Å². The van der Waals surface area contributed by atoms with Crippen LogP contribution in [0, 0.1) is 5.92 Å². The lowest BCUT2D eigenvalue weighted by Crippen LogP contribution is -2.39. The smallest absolute Gasteiger partial charge is 0.348 e. The first-order chi connectivity index (χ1) is 10.5. The molecule has 0 saturated carbocycles. The monoisotopic (exact) mass is 324 g/mol. The summed E-state index contributed by atoms with van der Waals surface area (Å²) in [5.74, 6) is -0.483. The lowest BCUT2D eigenvalue weighted by molar-refractivity contribution is -0.123. The Hall–Kier alpha value is -1.89. The number of carbonyl (C=O) groups excluding carboxylic acids is 3. The Labute approximate surface area is 133 Å². The van der Waals surface area contributed by atoms with Gasteiger partial charge in [-0.05, 0) is 36.8 Å². The molecule has 0 saturated heterocycles. The van der Waals surface area contributed by atoms with Crippen molar-refractivity contribution in [2.45, 2.75) is 32.6 Å². The van der Waals surface area contributed by atoms with Crippen LogP contribution in [0.2, 0.25) is 0 Å². The molecule has 2 rings (SSSR count). The summed E-state index contributed by atoms with van der Waals surface area (Å²) in [7, 11) is 1.40. The SMILES string of the molecule is CC[C@@H]1CCc2sc(C(=O)OCC(=O)NC(=O)NC)cc2C1. The number of hydrogen-bond acceptors (Lipinski definition) is 5. The van der Waals surface area contributed by atoms with Crippen molar-refractivity contribution in [3.05, 3.63) is 21.4 Å². The van der Waals surface area contributed by atoms with E-state index >= 15 is 0 Å². The molecule has 120 valence electrons. The molecule has 0 spiro atoms. The Morgan fingerprint density at radius 2 is 2.18 bits per heavy atom.